The maximum Gasteiger partial charge on any atom is 0.389 e. The molecule has 0 spiro atoms. The van der Waals surface area contributed by atoms with Crippen LogP contribution in [0, 0.1) is 0 Å². The Kier molecular flexibility index (Phi) is 5.47. The predicted octanol–water partition coefficient (Wildman–Crippen LogP) is 2.28. The molecule has 0 fully saturated rings. The van der Waals surface area contributed by atoms with Gasteiger partial charge in [0.15, 0.2) is 0 Å². The van der Waals surface area contributed by atoms with E-state index < -0.39 is 12.6 Å². The Morgan fingerprint density at radius 1 is 1.29 bits per heavy atom. The summed E-state index contributed by atoms with van der Waals surface area (Å²) in [5.41, 5.74) is 1.12. The van der Waals surface area contributed by atoms with E-state index in [1.807, 2.05) is 13.1 Å². The third-order valence-corrected chi connectivity index (χ3v) is 2.54. The quantitative estimate of drug-likeness (QED) is 0.751. The van der Waals surface area contributed by atoms with Gasteiger partial charge < -0.3 is 5.32 Å². The zero-order chi connectivity index (χ0) is 12.7. The van der Waals surface area contributed by atoms with Crippen LogP contribution in [-0.4, -0.2) is 29.0 Å². The lowest BCUT2D eigenvalue weighted by atomic mass is 10.2. The Balaban J connectivity index is 1.97. The van der Waals surface area contributed by atoms with E-state index in [4.69, 9.17) is 0 Å². The number of rotatable bonds is 7. The van der Waals surface area contributed by atoms with E-state index in [0.29, 0.717) is 13.0 Å². The summed E-state index contributed by atoms with van der Waals surface area (Å²) in [4.78, 5) is 0. The molecule has 0 aliphatic rings. The first kappa shape index (κ1) is 14.0. The van der Waals surface area contributed by atoms with Gasteiger partial charge in [0.2, 0.25) is 0 Å². The van der Waals surface area contributed by atoms with Crippen LogP contribution in [0.25, 0.3) is 0 Å². The molecule has 1 rings (SSSR count). The number of unbranched alkanes of at least 4 members (excludes halogenated alkanes) is 1. The summed E-state index contributed by atoms with van der Waals surface area (Å²) in [6, 6.07) is 1.94. The first-order chi connectivity index (χ1) is 7.99. The second-order valence-electron chi connectivity index (χ2n) is 4.02. The molecule has 0 aromatic carbocycles. The number of alkyl halides is 3. The van der Waals surface area contributed by atoms with Crippen molar-refractivity contribution in [3.63, 3.8) is 0 Å². The fraction of sp³-hybridized carbons (Fsp3) is 0.727. The standard InChI is InChI=1S/C11H18F3N3/c1-17-10(5-9-16-17)4-8-15-7-3-2-6-11(12,13)14/h5,9,15H,2-4,6-8H2,1H3. The van der Waals surface area contributed by atoms with Gasteiger partial charge >= 0.3 is 6.18 Å². The van der Waals surface area contributed by atoms with Crippen molar-refractivity contribution in [3.8, 4) is 0 Å². The summed E-state index contributed by atoms with van der Waals surface area (Å²) in [6.07, 6.45) is -1.37. The van der Waals surface area contributed by atoms with Gasteiger partial charge in [-0.2, -0.15) is 18.3 Å². The van der Waals surface area contributed by atoms with Crippen molar-refractivity contribution >= 4 is 0 Å². The van der Waals surface area contributed by atoms with Crippen molar-refractivity contribution in [2.75, 3.05) is 13.1 Å². The zero-order valence-corrected chi connectivity index (χ0v) is 9.93. The van der Waals surface area contributed by atoms with Crippen LogP contribution < -0.4 is 5.32 Å². The molecule has 1 heterocycles. The highest BCUT2D eigenvalue weighted by atomic mass is 19.4. The third-order valence-electron chi connectivity index (χ3n) is 2.54. The monoisotopic (exact) mass is 249 g/mol. The second kappa shape index (κ2) is 6.64. The highest BCUT2D eigenvalue weighted by Gasteiger charge is 2.25. The molecule has 0 amide bonds. The molecular weight excluding hydrogens is 231 g/mol. The summed E-state index contributed by atoms with van der Waals surface area (Å²) in [7, 11) is 1.87. The predicted molar refractivity (Wildman–Crippen MR) is 59.7 cm³/mol. The molecule has 0 radical (unpaired) electrons. The largest absolute Gasteiger partial charge is 0.389 e. The van der Waals surface area contributed by atoms with E-state index in [1.54, 1.807) is 10.9 Å². The minimum atomic E-state index is -4.02. The molecule has 1 N–H and O–H groups in total. The van der Waals surface area contributed by atoms with E-state index >= 15 is 0 Å². The number of hydrogen-bond donors (Lipinski definition) is 1. The molecule has 0 aliphatic heterocycles. The van der Waals surface area contributed by atoms with Gasteiger partial charge in [0.25, 0.3) is 0 Å². The molecule has 0 saturated carbocycles. The smallest absolute Gasteiger partial charge is 0.316 e. The summed E-state index contributed by atoms with van der Waals surface area (Å²) in [6.45, 7) is 1.40. The minimum Gasteiger partial charge on any atom is -0.316 e. The number of nitrogens with one attached hydrogen (secondary N) is 1. The third kappa shape index (κ3) is 6.31. The van der Waals surface area contributed by atoms with Gasteiger partial charge in [0.05, 0.1) is 0 Å². The lowest BCUT2D eigenvalue weighted by Crippen LogP contribution is -2.20. The molecule has 1 aromatic rings. The van der Waals surface area contributed by atoms with E-state index in [0.717, 1.165) is 18.7 Å². The average Bonchev–Trinajstić information content (AvgIpc) is 2.61. The lowest BCUT2D eigenvalue weighted by molar-refractivity contribution is -0.135. The fourth-order valence-corrected chi connectivity index (χ4v) is 1.56. The number of hydrogen-bond acceptors (Lipinski definition) is 2. The van der Waals surface area contributed by atoms with Crippen LogP contribution >= 0.6 is 0 Å². The number of nitrogens with zero attached hydrogens (tertiary/aromatic N) is 2. The summed E-state index contributed by atoms with van der Waals surface area (Å²) >= 11 is 0. The SMILES string of the molecule is Cn1nccc1CCNCCCCC(F)(F)F. The normalized spacial score (nSPS) is 12.0. The molecule has 0 bridgehead atoms. The summed E-state index contributed by atoms with van der Waals surface area (Å²) in [5, 5.41) is 7.16. The van der Waals surface area contributed by atoms with E-state index in [2.05, 4.69) is 10.4 Å². The Bertz CT molecular complexity index is 320. The van der Waals surface area contributed by atoms with Crippen LogP contribution in [-0.2, 0) is 13.5 Å². The highest BCUT2D eigenvalue weighted by molar-refractivity contribution is 5.00. The maximum atomic E-state index is 11.8. The van der Waals surface area contributed by atoms with Gasteiger partial charge in [0.1, 0.15) is 0 Å². The topological polar surface area (TPSA) is 29.9 Å². The van der Waals surface area contributed by atoms with Crippen LogP contribution in [0.2, 0.25) is 0 Å². The van der Waals surface area contributed by atoms with E-state index in [1.165, 1.54) is 0 Å². The van der Waals surface area contributed by atoms with Gasteiger partial charge in [-0.25, -0.2) is 0 Å². The average molecular weight is 249 g/mol. The number of halogens is 3. The minimum absolute atomic E-state index is 0.197. The lowest BCUT2D eigenvalue weighted by Gasteiger charge is -2.07. The second-order valence-corrected chi connectivity index (χ2v) is 4.02. The number of aryl methyl sites for hydroxylation is 1. The van der Waals surface area contributed by atoms with Gasteiger partial charge in [-0.1, -0.05) is 0 Å². The Labute approximate surface area is 99.0 Å². The van der Waals surface area contributed by atoms with Crippen LogP contribution in [0.15, 0.2) is 12.3 Å². The summed E-state index contributed by atoms with van der Waals surface area (Å²) in [5.74, 6) is 0. The van der Waals surface area contributed by atoms with Crippen molar-refractivity contribution in [3.05, 3.63) is 18.0 Å². The highest BCUT2D eigenvalue weighted by Crippen LogP contribution is 2.21. The van der Waals surface area contributed by atoms with Crippen LogP contribution in [0.5, 0.6) is 0 Å². The molecule has 0 aliphatic carbocycles. The van der Waals surface area contributed by atoms with Crippen molar-refractivity contribution in [2.24, 2.45) is 7.05 Å². The van der Waals surface area contributed by atoms with Crippen molar-refractivity contribution in [2.45, 2.75) is 31.9 Å². The van der Waals surface area contributed by atoms with Gasteiger partial charge in [-0.05, 0) is 25.5 Å². The molecule has 0 saturated heterocycles. The van der Waals surface area contributed by atoms with Crippen LogP contribution in [0.3, 0.4) is 0 Å². The molecule has 3 nitrogen and oxygen atoms in total. The first-order valence-electron chi connectivity index (χ1n) is 5.73. The number of aromatic nitrogens is 2. The zero-order valence-electron chi connectivity index (χ0n) is 9.93. The molecule has 1 aromatic heterocycles. The maximum absolute atomic E-state index is 11.8. The van der Waals surface area contributed by atoms with Crippen LogP contribution in [0.4, 0.5) is 13.2 Å². The molecule has 6 heteroatoms. The van der Waals surface area contributed by atoms with Crippen molar-refractivity contribution in [1.82, 2.24) is 15.1 Å². The molecule has 98 valence electrons. The first-order valence-corrected chi connectivity index (χ1v) is 5.73. The Morgan fingerprint density at radius 3 is 2.65 bits per heavy atom. The van der Waals surface area contributed by atoms with E-state index in [9.17, 15) is 13.2 Å². The van der Waals surface area contributed by atoms with Gasteiger partial charge in [-0.3, -0.25) is 4.68 Å². The van der Waals surface area contributed by atoms with E-state index in [-0.39, 0.29) is 6.42 Å². The van der Waals surface area contributed by atoms with Gasteiger partial charge in [-0.15, -0.1) is 0 Å². The summed E-state index contributed by atoms with van der Waals surface area (Å²) < 4.78 is 37.3. The Morgan fingerprint density at radius 2 is 2.06 bits per heavy atom. The Hall–Kier alpha value is -1.04. The molecular formula is C11H18F3N3. The van der Waals surface area contributed by atoms with Crippen molar-refractivity contribution in [1.29, 1.82) is 0 Å². The van der Waals surface area contributed by atoms with Crippen molar-refractivity contribution < 1.29 is 13.2 Å². The molecule has 0 atom stereocenters. The molecule has 17 heavy (non-hydrogen) atoms. The molecule has 0 unspecified atom stereocenters. The van der Waals surface area contributed by atoms with Crippen LogP contribution in [0.1, 0.15) is 25.0 Å². The van der Waals surface area contributed by atoms with Gasteiger partial charge in [0, 0.05) is 38.3 Å². The fourth-order valence-electron chi connectivity index (χ4n) is 1.56.